The zero-order valence-corrected chi connectivity index (χ0v) is 11.0. The Morgan fingerprint density at radius 2 is 1.57 bits per heavy atom. The Morgan fingerprint density at radius 1 is 0.810 bits per heavy atom. The maximum absolute atomic E-state index is 5.70. The Kier molecular flexibility index (Phi) is 2.67. The average molecular weight is 274 g/mol. The molecule has 0 saturated carbocycles. The van der Waals surface area contributed by atoms with E-state index in [4.69, 9.17) is 4.42 Å². The molecule has 0 amide bonds. The lowest BCUT2D eigenvalue weighted by Crippen LogP contribution is -1.89. The van der Waals surface area contributed by atoms with Crippen LogP contribution in [-0.4, -0.2) is 19.9 Å². The van der Waals surface area contributed by atoms with Crippen molar-refractivity contribution >= 4 is 11.1 Å². The van der Waals surface area contributed by atoms with Crippen molar-refractivity contribution < 1.29 is 4.42 Å². The summed E-state index contributed by atoms with van der Waals surface area (Å²) in [5.41, 5.74) is 3.26. The van der Waals surface area contributed by atoms with Crippen molar-refractivity contribution in [1.29, 1.82) is 0 Å². The SMILES string of the molecule is c1ccc2oc(-c3cnc(-c4ccncc4)nc3)nc2c1. The summed E-state index contributed by atoms with van der Waals surface area (Å²) in [4.78, 5) is 17.1. The highest BCUT2D eigenvalue weighted by Crippen LogP contribution is 2.23. The van der Waals surface area contributed by atoms with E-state index in [0.717, 1.165) is 22.2 Å². The van der Waals surface area contributed by atoms with Crippen molar-refractivity contribution in [2.75, 3.05) is 0 Å². The van der Waals surface area contributed by atoms with Crippen LogP contribution < -0.4 is 0 Å². The molecule has 0 atom stereocenters. The number of hydrogen-bond acceptors (Lipinski definition) is 5. The smallest absolute Gasteiger partial charge is 0.230 e. The van der Waals surface area contributed by atoms with Gasteiger partial charge in [0.25, 0.3) is 0 Å². The third kappa shape index (κ3) is 2.14. The van der Waals surface area contributed by atoms with Gasteiger partial charge in [0.05, 0.1) is 5.56 Å². The fourth-order valence-electron chi connectivity index (χ4n) is 2.08. The van der Waals surface area contributed by atoms with Crippen LogP contribution in [0.5, 0.6) is 0 Å². The van der Waals surface area contributed by atoms with Crippen LogP contribution in [-0.2, 0) is 0 Å². The van der Waals surface area contributed by atoms with Crippen LogP contribution >= 0.6 is 0 Å². The molecule has 3 aromatic heterocycles. The lowest BCUT2D eigenvalue weighted by molar-refractivity contribution is 0.619. The van der Waals surface area contributed by atoms with Crippen LogP contribution in [0.25, 0.3) is 33.9 Å². The quantitative estimate of drug-likeness (QED) is 0.561. The summed E-state index contributed by atoms with van der Waals surface area (Å²) in [5, 5.41) is 0. The molecule has 100 valence electrons. The van der Waals surface area contributed by atoms with Crippen molar-refractivity contribution in [2.24, 2.45) is 0 Å². The summed E-state index contributed by atoms with van der Waals surface area (Å²) < 4.78 is 5.70. The molecule has 4 aromatic rings. The van der Waals surface area contributed by atoms with Gasteiger partial charge in [-0.3, -0.25) is 4.98 Å². The predicted octanol–water partition coefficient (Wildman–Crippen LogP) is 3.35. The third-order valence-electron chi connectivity index (χ3n) is 3.13. The van der Waals surface area contributed by atoms with Crippen LogP contribution in [0.4, 0.5) is 0 Å². The number of oxazole rings is 1. The molecule has 3 heterocycles. The minimum absolute atomic E-state index is 0.525. The number of nitrogens with zero attached hydrogens (tertiary/aromatic N) is 4. The monoisotopic (exact) mass is 274 g/mol. The fraction of sp³-hybridized carbons (Fsp3) is 0. The zero-order chi connectivity index (χ0) is 14.1. The number of para-hydroxylation sites is 2. The molecule has 0 aliphatic carbocycles. The second kappa shape index (κ2) is 4.79. The van der Waals surface area contributed by atoms with Crippen molar-refractivity contribution in [3.63, 3.8) is 0 Å². The van der Waals surface area contributed by atoms with Crippen molar-refractivity contribution in [3.05, 3.63) is 61.2 Å². The van der Waals surface area contributed by atoms with Crippen LogP contribution in [0.1, 0.15) is 0 Å². The molecular weight excluding hydrogens is 264 g/mol. The zero-order valence-electron chi connectivity index (χ0n) is 11.0. The highest BCUT2D eigenvalue weighted by molar-refractivity contribution is 5.75. The molecule has 1 aromatic carbocycles. The van der Waals surface area contributed by atoms with E-state index in [2.05, 4.69) is 19.9 Å². The summed E-state index contributed by atoms with van der Waals surface area (Å²) in [6, 6.07) is 11.4. The lowest BCUT2D eigenvalue weighted by atomic mass is 10.2. The van der Waals surface area contributed by atoms with E-state index in [1.54, 1.807) is 24.8 Å². The largest absolute Gasteiger partial charge is 0.436 e. The Bertz CT molecular complexity index is 852. The van der Waals surface area contributed by atoms with Crippen molar-refractivity contribution in [2.45, 2.75) is 0 Å². The maximum Gasteiger partial charge on any atom is 0.230 e. The molecule has 0 aliphatic heterocycles. The molecule has 0 N–H and O–H groups in total. The molecule has 0 fully saturated rings. The van der Waals surface area contributed by atoms with E-state index in [9.17, 15) is 0 Å². The van der Waals surface area contributed by atoms with Gasteiger partial charge in [-0.15, -0.1) is 0 Å². The number of pyridine rings is 1. The van der Waals surface area contributed by atoms with Crippen molar-refractivity contribution in [1.82, 2.24) is 19.9 Å². The number of hydrogen-bond donors (Lipinski definition) is 0. The molecular formula is C16H10N4O. The predicted molar refractivity (Wildman–Crippen MR) is 78.3 cm³/mol. The first kappa shape index (κ1) is 11.7. The van der Waals surface area contributed by atoms with E-state index < -0.39 is 0 Å². The molecule has 5 nitrogen and oxygen atoms in total. The summed E-state index contributed by atoms with van der Waals surface area (Å²) in [6.07, 6.45) is 6.86. The summed E-state index contributed by atoms with van der Waals surface area (Å²) in [7, 11) is 0. The van der Waals surface area contributed by atoms with Gasteiger partial charge >= 0.3 is 0 Å². The molecule has 0 unspecified atom stereocenters. The van der Waals surface area contributed by atoms with E-state index >= 15 is 0 Å². The second-order valence-electron chi connectivity index (χ2n) is 4.52. The standard InChI is InChI=1S/C16H10N4O/c1-2-4-14-13(3-1)20-16(21-14)12-9-18-15(19-10-12)11-5-7-17-8-6-11/h1-10H. The Balaban J connectivity index is 1.73. The number of fused-ring (bicyclic) bond motifs is 1. The number of benzene rings is 1. The van der Waals surface area contributed by atoms with Gasteiger partial charge in [0, 0.05) is 30.4 Å². The third-order valence-corrected chi connectivity index (χ3v) is 3.13. The Labute approximate surface area is 120 Å². The normalized spacial score (nSPS) is 10.9. The van der Waals surface area contributed by atoms with Gasteiger partial charge in [-0.2, -0.15) is 0 Å². The molecule has 0 saturated heterocycles. The first-order chi connectivity index (χ1) is 10.4. The van der Waals surface area contributed by atoms with Gasteiger partial charge in [0.15, 0.2) is 11.4 Å². The van der Waals surface area contributed by atoms with E-state index in [1.165, 1.54) is 0 Å². The van der Waals surface area contributed by atoms with Gasteiger partial charge in [-0.1, -0.05) is 12.1 Å². The van der Waals surface area contributed by atoms with Crippen molar-refractivity contribution in [3.8, 4) is 22.8 Å². The Morgan fingerprint density at radius 3 is 2.33 bits per heavy atom. The van der Waals surface area contributed by atoms with Crippen LogP contribution in [0.15, 0.2) is 65.6 Å². The van der Waals surface area contributed by atoms with E-state index in [1.807, 2.05) is 36.4 Å². The molecule has 0 radical (unpaired) electrons. The summed E-state index contributed by atoms with van der Waals surface area (Å²) in [6.45, 7) is 0. The van der Waals surface area contributed by atoms with Crippen LogP contribution in [0, 0.1) is 0 Å². The van der Waals surface area contributed by atoms with Gasteiger partial charge in [-0.25, -0.2) is 15.0 Å². The highest BCUT2D eigenvalue weighted by Gasteiger charge is 2.09. The summed E-state index contributed by atoms with van der Waals surface area (Å²) >= 11 is 0. The Hall–Kier alpha value is -3.08. The molecule has 5 heteroatoms. The van der Waals surface area contributed by atoms with Gasteiger partial charge in [0.2, 0.25) is 5.89 Å². The molecule has 21 heavy (non-hydrogen) atoms. The number of rotatable bonds is 2. The maximum atomic E-state index is 5.70. The highest BCUT2D eigenvalue weighted by atomic mass is 16.3. The first-order valence-electron chi connectivity index (χ1n) is 6.48. The average Bonchev–Trinajstić information content (AvgIpc) is 3.00. The fourth-order valence-corrected chi connectivity index (χ4v) is 2.08. The first-order valence-corrected chi connectivity index (χ1v) is 6.48. The van der Waals surface area contributed by atoms with Gasteiger partial charge in [-0.05, 0) is 24.3 Å². The van der Waals surface area contributed by atoms with Gasteiger partial charge in [0.1, 0.15) is 5.52 Å². The lowest BCUT2D eigenvalue weighted by Gasteiger charge is -1.99. The van der Waals surface area contributed by atoms with Crippen LogP contribution in [0.3, 0.4) is 0 Å². The minimum Gasteiger partial charge on any atom is -0.436 e. The molecule has 0 spiro atoms. The summed E-state index contributed by atoms with van der Waals surface area (Å²) in [5.74, 6) is 1.18. The minimum atomic E-state index is 0.525. The molecule has 0 bridgehead atoms. The molecule has 4 rings (SSSR count). The van der Waals surface area contributed by atoms with Gasteiger partial charge < -0.3 is 4.42 Å². The number of aromatic nitrogens is 4. The van der Waals surface area contributed by atoms with E-state index in [-0.39, 0.29) is 0 Å². The van der Waals surface area contributed by atoms with E-state index in [0.29, 0.717) is 11.7 Å². The molecule has 0 aliphatic rings. The second-order valence-corrected chi connectivity index (χ2v) is 4.52. The van der Waals surface area contributed by atoms with Crippen LogP contribution in [0.2, 0.25) is 0 Å². The topological polar surface area (TPSA) is 64.7 Å².